The van der Waals surface area contributed by atoms with Gasteiger partial charge in [0, 0.05) is 0 Å². The lowest BCUT2D eigenvalue weighted by Crippen LogP contribution is -2.25. The molecule has 0 amide bonds. The fourth-order valence-corrected chi connectivity index (χ4v) is 2.85. The molecule has 102 valence electrons. The Labute approximate surface area is 116 Å². The van der Waals surface area contributed by atoms with E-state index in [1.54, 1.807) is 0 Å². The maximum Gasteiger partial charge on any atom is 0.119 e. The molecule has 0 aromatic heterocycles. The van der Waals surface area contributed by atoms with Crippen LogP contribution in [0.2, 0.25) is 0 Å². The van der Waals surface area contributed by atoms with Crippen molar-refractivity contribution >= 4 is 0 Å². The average molecular weight is 257 g/mol. The third-order valence-electron chi connectivity index (χ3n) is 4.28. The lowest BCUT2D eigenvalue weighted by atomic mass is 9.69. The van der Waals surface area contributed by atoms with Gasteiger partial charge in [-0.1, -0.05) is 25.1 Å². The number of benzene rings is 1. The van der Waals surface area contributed by atoms with Crippen LogP contribution in [-0.2, 0) is 0 Å². The summed E-state index contributed by atoms with van der Waals surface area (Å²) in [5.41, 5.74) is -0.0768. The standard InChI is InChI=1S/C17H23NO/c1-15-8-11-17(14-18,12-9-15)10-5-13-19-16-6-3-2-4-7-16/h2-4,6-7,15H,5,8-13H2,1H3. The Kier molecular flexibility index (Phi) is 4.85. The highest BCUT2D eigenvalue weighted by molar-refractivity contribution is 5.20. The molecule has 0 unspecified atom stereocenters. The molecule has 2 heteroatoms. The predicted molar refractivity (Wildman–Crippen MR) is 76.8 cm³/mol. The minimum absolute atomic E-state index is 0.0768. The van der Waals surface area contributed by atoms with E-state index in [2.05, 4.69) is 13.0 Å². The van der Waals surface area contributed by atoms with Crippen molar-refractivity contribution in [3.63, 3.8) is 0 Å². The molecule has 1 aliphatic rings. The zero-order valence-corrected chi connectivity index (χ0v) is 11.8. The first kappa shape index (κ1) is 13.9. The fourth-order valence-electron chi connectivity index (χ4n) is 2.85. The summed E-state index contributed by atoms with van der Waals surface area (Å²) in [5.74, 6) is 1.72. The number of para-hydroxylation sites is 1. The van der Waals surface area contributed by atoms with Crippen LogP contribution in [-0.4, -0.2) is 6.61 Å². The van der Waals surface area contributed by atoms with Crippen LogP contribution in [0.15, 0.2) is 30.3 Å². The summed E-state index contributed by atoms with van der Waals surface area (Å²) < 4.78 is 5.70. The van der Waals surface area contributed by atoms with Gasteiger partial charge in [-0.2, -0.15) is 5.26 Å². The van der Waals surface area contributed by atoms with Crippen LogP contribution in [0.1, 0.15) is 45.4 Å². The fraction of sp³-hybridized carbons (Fsp3) is 0.588. The van der Waals surface area contributed by atoms with Gasteiger partial charge in [-0.25, -0.2) is 0 Å². The molecule has 0 aliphatic heterocycles. The van der Waals surface area contributed by atoms with Crippen molar-refractivity contribution in [1.29, 1.82) is 5.26 Å². The van der Waals surface area contributed by atoms with Gasteiger partial charge in [-0.3, -0.25) is 0 Å². The molecule has 19 heavy (non-hydrogen) atoms. The second kappa shape index (κ2) is 6.61. The Hall–Kier alpha value is -1.49. The minimum Gasteiger partial charge on any atom is -0.494 e. The summed E-state index contributed by atoms with van der Waals surface area (Å²) in [6.45, 7) is 3.00. The second-order valence-electron chi connectivity index (χ2n) is 5.84. The first-order valence-electron chi connectivity index (χ1n) is 7.33. The Morgan fingerprint density at radius 1 is 1.26 bits per heavy atom. The number of nitrogens with zero attached hydrogens (tertiary/aromatic N) is 1. The monoisotopic (exact) mass is 257 g/mol. The molecule has 2 nitrogen and oxygen atoms in total. The van der Waals surface area contributed by atoms with Crippen molar-refractivity contribution in [2.24, 2.45) is 11.3 Å². The largest absolute Gasteiger partial charge is 0.494 e. The van der Waals surface area contributed by atoms with Crippen molar-refractivity contribution in [1.82, 2.24) is 0 Å². The molecule has 0 heterocycles. The highest BCUT2D eigenvalue weighted by Crippen LogP contribution is 2.41. The molecular weight excluding hydrogens is 234 g/mol. The van der Waals surface area contributed by atoms with Gasteiger partial charge in [0.05, 0.1) is 18.1 Å². The molecule has 1 fully saturated rings. The van der Waals surface area contributed by atoms with Gasteiger partial charge in [0.2, 0.25) is 0 Å². The number of hydrogen-bond donors (Lipinski definition) is 0. The molecule has 0 radical (unpaired) electrons. The lowest BCUT2D eigenvalue weighted by molar-refractivity contribution is 0.187. The van der Waals surface area contributed by atoms with Crippen molar-refractivity contribution in [2.75, 3.05) is 6.61 Å². The van der Waals surface area contributed by atoms with Crippen LogP contribution >= 0.6 is 0 Å². The summed E-state index contributed by atoms with van der Waals surface area (Å²) in [7, 11) is 0. The zero-order chi connectivity index (χ0) is 13.6. The highest BCUT2D eigenvalue weighted by atomic mass is 16.5. The number of rotatable bonds is 5. The molecule has 0 atom stereocenters. The summed E-state index contributed by atoms with van der Waals surface area (Å²) in [6, 6.07) is 12.5. The summed E-state index contributed by atoms with van der Waals surface area (Å²) in [4.78, 5) is 0. The molecule has 0 saturated heterocycles. The first-order chi connectivity index (χ1) is 9.24. The van der Waals surface area contributed by atoms with Crippen molar-refractivity contribution in [3.8, 4) is 11.8 Å². The van der Waals surface area contributed by atoms with E-state index in [-0.39, 0.29) is 5.41 Å². The Morgan fingerprint density at radius 3 is 2.58 bits per heavy atom. The van der Waals surface area contributed by atoms with E-state index in [4.69, 9.17) is 4.74 Å². The molecule has 0 N–H and O–H groups in total. The lowest BCUT2D eigenvalue weighted by Gasteiger charge is -2.33. The topological polar surface area (TPSA) is 33.0 Å². The maximum absolute atomic E-state index is 9.45. The molecule has 0 spiro atoms. The van der Waals surface area contributed by atoms with E-state index in [9.17, 15) is 5.26 Å². The first-order valence-corrected chi connectivity index (χ1v) is 7.33. The third kappa shape index (κ3) is 3.99. The SMILES string of the molecule is CC1CCC(C#N)(CCCOc2ccccc2)CC1. The van der Waals surface area contributed by atoms with E-state index in [0.717, 1.165) is 37.4 Å². The van der Waals surface area contributed by atoms with Crippen LogP contribution < -0.4 is 4.74 Å². The van der Waals surface area contributed by atoms with Gasteiger partial charge in [0.25, 0.3) is 0 Å². The minimum atomic E-state index is -0.0768. The van der Waals surface area contributed by atoms with Gasteiger partial charge in [-0.05, 0) is 56.6 Å². The van der Waals surface area contributed by atoms with Crippen molar-refractivity contribution in [3.05, 3.63) is 30.3 Å². The van der Waals surface area contributed by atoms with Crippen LogP contribution in [0, 0.1) is 22.7 Å². The van der Waals surface area contributed by atoms with E-state index in [1.807, 2.05) is 30.3 Å². The Bertz CT molecular complexity index is 413. The smallest absolute Gasteiger partial charge is 0.119 e. The van der Waals surface area contributed by atoms with Crippen LogP contribution in [0.4, 0.5) is 0 Å². The summed E-state index contributed by atoms with van der Waals surface area (Å²) in [6.07, 6.45) is 6.48. The molecule has 1 saturated carbocycles. The van der Waals surface area contributed by atoms with Gasteiger partial charge < -0.3 is 4.74 Å². The Morgan fingerprint density at radius 2 is 1.95 bits per heavy atom. The predicted octanol–water partition coefficient (Wildman–Crippen LogP) is 4.57. The molecular formula is C17H23NO. The van der Waals surface area contributed by atoms with E-state index >= 15 is 0 Å². The second-order valence-corrected chi connectivity index (χ2v) is 5.84. The Balaban J connectivity index is 1.74. The normalized spacial score (nSPS) is 26.6. The molecule has 1 aromatic carbocycles. The average Bonchev–Trinajstić information content (AvgIpc) is 2.47. The van der Waals surface area contributed by atoms with Crippen LogP contribution in [0.3, 0.4) is 0 Å². The summed E-state index contributed by atoms with van der Waals surface area (Å²) in [5, 5.41) is 9.45. The number of nitriles is 1. The summed E-state index contributed by atoms with van der Waals surface area (Å²) >= 11 is 0. The molecule has 1 aromatic rings. The molecule has 1 aliphatic carbocycles. The zero-order valence-electron chi connectivity index (χ0n) is 11.8. The molecule has 2 rings (SSSR count). The van der Waals surface area contributed by atoms with Gasteiger partial charge in [0.15, 0.2) is 0 Å². The van der Waals surface area contributed by atoms with Gasteiger partial charge in [0.1, 0.15) is 5.75 Å². The van der Waals surface area contributed by atoms with Gasteiger partial charge >= 0.3 is 0 Å². The quantitative estimate of drug-likeness (QED) is 0.724. The van der Waals surface area contributed by atoms with E-state index < -0.39 is 0 Å². The van der Waals surface area contributed by atoms with Crippen LogP contribution in [0.5, 0.6) is 5.75 Å². The third-order valence-corrected chi connectivity index (χ3v) is 4.28. The van der Waals surface area contributed by atoms with Crippen molar-refractivity contribution in [2.45, 2.75) is 45.4 Å². The van der Waals surface area contributed by atoms with Crippen molar-refractivity contribution < 1.29 is 4.74 Å². The number of hydrogen-bond acceptors (Lipinski definition) is 2. The number of ether oxygens (including phenoxy) is 1. The van der Waals surface area contributed by atoms with E-state index in [0.29, 0.717) is 6.61 Å². The molecule has 0 bridgehead atoms. The van der Waals surface area contributed by atoms with Gasteiger partial charge in [-0.15, -0.1) is 0 Å². The highest BCUT2D eigenvalue weighted by Gasteiger charge is 2.33. The van der Waals surface area contributed by atoms with E-state index in [1.165, 1.54) is 12.8 Å². The maximum atomic E-state index is 9.45. The van der Waals surface area contributed by atoms with Crippen LogP contribution in [0.25, 0.3) is 0 Å².